The van der Waals surface area contributed by atoms with E-state index in [-0.39, 0.29) is 23.4 Å². The molecule has 5 heteroatoms. The van der Waals surface area contributed by atoms with E-state index in [0.29, 0.717) is 12.3 Å². The Morgan fingerprint density at radius 3 is 2.55 bits per heavy atom. The fourth-order valence-electron chi connectivity index (χ4n) is 4.78. The van der Waals surface area contributed by atoms with E-state index in [1.807, 2.05) is 18.2 Å². The number of halogens is 1. The molecule has 1 aliphatic heterocycles. The van der Waals surface area contributed by atoms with Crippen LogP contribution in [0.15, 0.2) is 42.5 Å². The molecule has 0 atom stereocenters. The van der Waals surface area contributed by atoms with Crippen LogP contribution >= 0.6 is 11.6 Å². The van der Waals surface area contributed by atoms with E-state index in [0.717, 1.165) is 42.0 Å². The van der Waals surface area contributed by atoms with Gasteiger partial charge < -0.3 is 14.0 Å². The highest BCUT2D eigenvalue weighted by molar-refractivity contribution is 6.17. The molecule has 5 rings (SSSR count). The number of aryl methyl sites for hydroxylation is 1. The average molecular weight is 438 g/mol. The van der Waals surface area contributed by atoms with Crippen molar-refractivity contribution >= 4 is 28.3 Å². The van der Waals surface area contributed by atoms with Gasteiger partial charge in [-0.3, -0.25) is 4.79 Å². The lowest BCUT2D eigenvalue weighted by Crippen LogP contribution is -2.22. The number of Topliss-reactive ketones (excluding diaryl/α,β-unsaturated/α-hetero) is 1. The van der Waals surface area contributed by atoms with E-state index in [1.165, 1.54) is 16.6 Å². The monoisotopic (exact) mass is 437 g/mol. The molecule has 2 heterocycles. The molecule has 31 heavy (non-hydrogen) atoms. The molecule has 0 saturated heterocycles. The molecule has 0 radical (unpaired) electrons. The third-order valence-corrected chi connectivity index (χ3v) is 6.78. The molecule has 1 saturated carbocycles. The maximum absolute atomic E-state index is 13.4. The van der Waals surface area contributed by atoms with Gasteiger partial charge in [0, 0.05) is 40.9 Å². The van der Waals surface area contributed by atoms with Crippen LogP contribution in [0, 0.1) is 0 Å². The standard InChI is InChI=1S/C26H28ClNO3/c1-25(2,3)23-14-18-12-17(4-6-20(18)28(23)11-10-27)13-24(29)26(8-9-26)19-5-7-21-22(15-19)31-16-30-21/h4-7,12,14-15H,8-11,13,16H2,1-3H3. The second kappa shape index (κ2) is 7.30. The third-order valence-electron chi connectivity index (χ3n) is 6.62. The highest BCUT2D eigenvalue weighted by atomic mass is 35.5. The Hall–Kier alpha value is -2.46. The normalized spacial score (nSPS) is 16.6. The number of hydrogen-bond acceptors (Lipinski definition) is 3. The minimum Gasteiger partial charge on any atom is -0.454 e. The fraction of sp³-hybridized carbons (Fsp3) is 0.423. The number of aromatic nitrogens is 1. The summed E-state index contributed by atoms with van der Waals surface area (Å²) in [6.07, 6.45) is 2.23. The highest BCUT2D eigenvalue weighted by Gasteiger charge is 2.50. The van der Waals surface area contributed by atoms with Crippen LogP contribution in [0.2, 0.25) is 0 Å². The van der Waals surface area contributed by atoms with E-state index in [1.54, 1.807) is 0 Å². The van der Waals surface area contributed by atoms with E-state index < -0.39 is 0 Å². The van der Waals surface area contributed by atoms with Gasteiger partial charge in [-0.2, -0.15) is 0 Å². The van der Waals surface area contributed by atoms with Crippen LogP contribution in [0.3, 0.4) is 0 Å². The van der Waals surface area contributed by atoms with Gasteiger partial charge in [0.1, 0.15) is 5.78 Å². The summed E-state index contributed by atoms with van der Waals surface area (Å²) in [6.45, 7) is 7.69. The number of alkyl halides is 1. The van der Waals surface area contributed by atoms with Crippen LogP contribution < -0.4 is 9.47 Å². The van der Waals surface area contributed by atoms with Gasteiger partial charge in [0.25, 0.3) is 0 Å². The summed E-state index contributed by atoms with van der Waals surface area (Å²) in [5, 5.41) is 1.17. The van der Waals surface area contributed by atoms with Crippen molar-refractivity contribution in [3.8, 4) is 11.5 Å². The number of fused-ring (bicyclic) bond motifs is 2. The molecular weight excluding hydrogens is 410 g/mol. The Bertz CT molecular complexity index is 1170. The topological polar surface area (TPSA) is 40.5 Å². The van der Waals surface area contributed by atoms with Gasteiger partial charge in [-0.15, -0.1) is 11.6 Å². The Balaban J connectivity index is 1.43. The predicted octanol–water partition coefficient (Wildman–Crippen LogP) is 5.75. The Kier molecular flexibility index (Phi) is 4.82. The maximum Gasteiger partial charge on any atom is 0.231 e. The molecular formula is C26H28ClNO3. The number of carbonyl (C=O) groups excluding carboxylic acids is 1. The fourth-order valence-corrected chi connectivity index (χ4v) is 4.95. The van der Waals surface area contributed by atoms with Crippen molar-refractivity contribution in [2.24, 2.45) is 0 Å². The quantitative estimate of drug-likeness (QED) is 0.461. The molecule has 1 aliphatic carbocycles. The molecule has 0 amide bonds. The largest absolute Gasteiger partial charge is 0.454 e. The Labute approximate surface area is 188 Å². The summed E-state index contributed by atoms with van der Waals surface area (Å²) < 4.78 is 13.3. The van der Waals surface area contributed by atoms with Gasteiger partial charge in [0.05, 0.1) is 5.41 Å². The van der Waals surface area contributed by atoms with Crippen molar-refractivity contribution in [1.29, 1.82) is 0 Å². The number of ketones is 1. The van der Waals surface area contributed by atoms with E-state index in [2.05, 4.69) is 49.6 Å². The molecule has 4 nitrogen and oxygen atoms in total. The molecule has 0 spiro atoms. The molecule has 1 fully saturated rings. The lowest BCUT2D eigenvalue weighted by molar-refractivity contribution is -0.120. The van der Waals surface area contributed by atoms with Gasteiger partial charge in [-0.1, -0.05) is 32.9 Å². The summed E-state index contributed by atoms with van der Waals surface area (Å²) >= 11 is 6.08. The molecule has 0 bridgehead atoms. The van der Waals surface area contributed by atoms with Gasteiger partial charge in [0.15, 0.2) is 11.5 Å². The van der Waals surface area contributed by atoms with Crippen LogP contribution in [0.25, 0.3) is 10.9 Å². The first kappa shape index (κ1) is 20.4. The minimum absolute atomic E-state index is 0.0263. The second-order valence-corrected chi connectivity index (χ2v) is 10.1. The summed E-state index contributed by atoms with van der Waals surface area (Å²) in [7, 11) is 0. The lowest BCUT2D eigenvalue weighted by atomic mass is 9.87. The van der Waals surface area contributed by atoms with Crippen LogP contribution in [-0.2, 0) is 28.6 Å². The molecule has 162 valence electrons. The number of benzene rings is 2. The summed E-state index contributed by atoms with van der Waals surface area (Å²) in [4.78, 5) is 13.4. The van der Waals surface area contributed by atoms with Crippen LogP contribution in [0.4, 0.5) is 0 Å². The van der Waals surface area contributed by atoms with Gasteiger partial charge in [-0.05, 0) is 54.3 Å². The SMILES string of the molecule is CC(C)(C)c1cc2cc(CC(=O)C3(c4ccc5c(c4)OCO5)CC3)ccc2n1CCCl. The first-order valence-electron chi connectivity index (χ1n) is 10.9. The molecule has 2 aromatic carbocycles. The lowest BCUT2D eigenvalue weighted by Gasteiger charge is -2.21. The Morgan fingerprint density at radius 2 is 1.84 bits per heavy atom. The number of nitrogens with zero attached hydrogens (tertiary/aromatic N) is 1. The van der Waals surface area contributed by atoms with Gasteiger partial charge >= 0.3 is 0 Å². The molecule has 0 N–H and O–H groups in total. The highest BCUT2D eigenvalue weighted by Crippen LogP contribution is 2.51. The van der Waals surface area contributed by atoms with Crippen molar-refractivity contribution < 1.29 is 14.3 Å². The number of ether oxygens (including phenoxy) is 2. The molecule has 1 aromatic heterocycles. The van der Waals surface area contributed by atoms with E-state index >= 15 is 0 Å². The zero-order valence-electron chi connectivity index (χ0n) is 18.3. The van der Waals surface area contributed by atoms with E-state index in [4.69, 9.17) is 21.1 Å². The maximum atomic E-state index is 13.4. The van der Waals surface area contributed by atoms with E-state index in [9.17, 15) is 4.79 Å². The van der Waals surface area contributed by atoms with Crippen LogP contribution in [0.1, 0.15) is 50.4 Å². The first-order valence-corrected chi connectivity index (χ1v) is 11.5. The average Bonchev–Trinajstić information content (AvgIpc) is 3.27. The summed E-state index contributed by atoms with van der Waals surface area (Å²) in [5.41, 5.74) is 4.21. The van der Waals surface area contributed by atoms with Gasteiger partial charge in [-0.25, -0.2) is 0 Å². The minimum atomic E-state index is -0.378. The second-order valence-electron chi connectivity index (χ2n) is 9.76. The molecule has 0 unspecified atom stereocenters. The third kappa shape index (κ3) is 3.51. The zero-order chi connectivity index (χ0) is 21.8. The van der Waals surface area contributed by atoms with Gasteiger partial charge in [0.2, 0.25) is 6.79 Å². The van der Waals surface area contributed by atoms with Crippen molar-refractivity contribution in [3.63, 3.8) is 0 Å². The molecule has 2 aliphatic rings. The Morgan fingerprint density at radius 1 is 1.06 bits per heavy atom. The smallest absolute Gasteiger partial charge is 0.231 e. The number of rotatable bonds is 6. The predicted molar refractivity (Wildman–Crippen MR) is 124 cm³/mol. The first-order chi connectivity index (χ1) is 14.8. The van der Waals surface area contributed by atoms with Crippen molar-refractivity contribution in [2.75, 3.05) is 12.7 Å². The van der Waals surface area contributed by atoms with Crippen LogP contribution in [-0.4, -0.2) is 23.0 Å². The zero-order valence-corrected chi connectivity index (χ0v) is 19.1. The van der Waals surface area contributed by atoms with Crippen molar-refractivity contribution in [2.45, 2.75) is 57.4 Å². The summed E-state index contributed by atoms with van der Waals surface area (Å²) in [6, 6.07) is 14.6. The number of carbonyl (C=O) groups is 1. The van der Waals surface area contributed by atoms with Crippen LogP contribution in [0.5, 0.6) is 11.5 Å². The number of hydrogen-bond donors (Lipinski definition) is 0. The summed E-state index contributed by atoms with van der Waals surface area (Å²) in [5.74, 6) is 2.36. The molecule has 3 aromatic rings. The van der Waals surface area contributed by atoms with Crippen molar-refractivity contribution in [1.82, 2.24) is 4.57 Å². The van der Waals surface area contributed by atoms with Crippen molar-refractivity contribution in [3.05, 3.63) is 59.3 Å².